The van der Waals surface area contributed by atoms with Crippen molar-refractivity contribution in [3.05, 3.63) is 40.4 Å². The molecule has 1 saturated carbocycles. The Kier molecular flexibility index (Phi) is 4.52. The molecule has 1 N–H and O–H groups in total. The normalized spacial score (nSPS) is 15.3. The van der Waals surface area contributed by atoms with Crippen molar-refractivity contribution in [1.82, 2.24) is 20.1 Å². The van der Waals surface area contributed by atoms with Crippen LogP contribution in [0.1, 0.15) is 63.6 Å². The van der Waals surface area contributed by atoms with Gasteiger partial charge in [0.25, 0.3) is 5.91 Å². The van der Waals surface area contributed by atoms with E-state index in [0.29, 0.717) is 11.5 Å². The minimum Gasteiger partial charge on any atom is -0.347 e. The zero-order valence-electron chi connectivity index (χ0n) is 15.4. The number of nitrogens with zero attached hydrogens (tertiary/aromatic N) is 3. The lowest BCUT2D eigenvalue weighted by atomic mass is 9.95. The van der Waals surface area contributed by atoms with Gasteiger partial charge in [0.1, 0.15) is 12.2 Å². The van der Waals surface area contributed by atoms with Gasteiger partial charge in [0.05, 0.1) is 5.69 Å². The van der Waals surface area contributed by atoms with Crippen LogP contribution >= 0.6 is 15.9 Å². The van der Waals surface area contributed by atoms with Gasteiger partial charge in [-0.15, -0.1) is 10.2 Å². The quantitative estimate of drug-likeness (QED) is 0.828. The summed E-state index contributed by atoms with van der Waals surface area (Å²) in [5, 5.41) is 11.5. The van der Waals surface area contributed by atoms with Crippen molar-refractivity contribution in [2.45, 2.75) is 58.4 Å². The molecule has 5 nitrogen and oxygen atoms in total. The average Bonchev–Trinajstić information content (AvgIpc) is 3.23. The Morgan fingerprint density at radius 1 is 1.20 bits per heavy atom. The Bertz CT molecular complexity index is 800. The summed E-state index contributed by atoms with van der Waals surface area (Å²) in [6, 6.07) is 5.71. The first-order chi connectivity index (χ1) is 11.6. The van der Waals surface area contributed by atoms with E-state index in [9.17, 15) is 4.79 Å². The summed E-state index contributed by atoms with van der Waals surface area (Å²) >= 11 is 3.53. The molecule has 0 unspecified atom stereocenters. The minimum atomic E-state index is -0.174. The molecule has 134 valence electrons. The smallest absolute Gasteiger partial charge is 0.251 e. The maximum Gasteiger partial charge on any atom is 0.251 e. The second kappa shape index (κ2) is 6.24. The van der Waals surface area contributed by atoms with E-state index in [1.807, 2.05) is 22.8 Å². The molecule has 1 amide bonds. The summed E-state index contributed by atoms with van der Waals surface area (Å²) in [7, 11) is 0. The number of rotatable bonds is 4. The topological polar surface area (TPSA) is 59.8 Å². The van der Waals surface area contributed by atoms with E-state index in [2.05, 4.69) is 66.1 Å². The largest absolute Gasteiger partial charge is 0.347 e. The Hall–Kier alpha value is -1.69. The predicted molar refractivity (Wildman–Crippen MR) is 102 cm³/mol. The predicted octanol–water partition coefficient (Wildman–Crippen LogP) is 4.25. The summed E-state index contributed by atoms with van der Waals surface area (Å²) in [6.07, 6.45) is 4.07. The summed E-state index contributed by atoms with van der Waals surface area (Å²) in [6.45, 7) is 10.5. The van der Waals surface area contributed by atoms with Crippen molar-refractivity contribution in [1.29, 1.82) is 0 Å². The summed E-state index contributed by atoms with van der Waals surface area (Å²) < 4.78 is 2.79. The van der Waals surface area contributed by atoms with Crippen LogP contribution in [-0.4, -0.2) is 26.2 Å². The van der Waals surface area contributed by atoms with Gasteiger partial charge in [-0.2, -0.15) is 0 Å². The average molecular weight is 405 g/mol. The number of benzene rings is 1. The zero-order chi connectivity index (χ0) is 18.4. The number of carbonyl (C=O) groups excluding carboxylic acids is 1. The van der Waals surface area contributed by atoms with Gasteiger partial charge in [0.15, 0.2) is 0 Å². The van der Waals surface area contributed by atoms with Crippen LogP contribution in [0.2, 0.25) is 0 Å². The summed E-state index contributed by atoms with van der Waals surface area (Å²) in [4.78, 5) is 12.8. The molecule has 0 bridgehead atoms. The fourth-order valence-corrected chi connectivity index (χ4v) is 3.53. The van der Waals surface area contributed by atoms with Crippen LogP contribution in [0, 0.1) is 5.92 Å². The number of halogens is 1. The van der Waals surface area contributed by atoms with Crippen molar-refractivity contribution in [2.24, 2.45) is 5.92 Å². The van der Waals surface area contributed by atoms with Gasteiger partial charge in [-0.1, -0.05) is 36.7 Å². The van der Waals surface area contributed by atoms with E-state index in [1.165, 1.54) is 12.8 Å². The molecule has 1 aromatic carbocycles. The molecule has 6 heteroatoms. The van der Waals surface area contributed by atoms with Gasteiger partial charge < -0.3 is 5.32 Å². The lowest BCUT2D eigenvalue weighted by Crippen LogP contribution is -2.45. The Morgan fingerprint density at radius 3 is 2.48 bits per heavy atom. The molecular formula is C19H25BrN4O. The first-order valence-electron chi connectivity index (χ1n) is 8.62. The molecule has 0 aliphatic heterocycles. The van der Waals surface area contributed by atoms with Crippen LogP contribution in [0.15, 0.2) is 29.0 Å². The first kappa shape index (κ1) is 18.1. The lowest BCUT2D eigenvalue weighted by Gasteiger charge is -2.26. The van der Waals surface area contributed by atoms with Crippen LogP contribution in [0.25, 0.3) is 5.69 Å². The highest BCUT2D eigenvalue weighted by atomic mass is 79.9. The Labute approximate surface area is 157 Å². The molecule has 1 aliphatic carbocycles. The number of hydrogen-bond acceptors (Lipinski definition) is 3. The maximum absolute atomic E-state index is 12.8. The first-order valence-corrected chi connectivity index (χ1v) is 9.41. The third-order valence-corrected chi connectivity index (χ3v) is 5.13. The van der Waals surface area contributed by atoms with E-state index in [4.69, 9.17) is 0 Å². The van der Waals surface area contributed by atoms with E-state index in [1.54, 1.807) is 6.33 Å². The number of nitrogens with one attached hydrogen (secondary N) is 1. The molecule has 0 spiro atoms. The number of carbonyl (C=O) groups is 1. The monoisotopic (exact) mass is 404 g/mol. The zero-order valence-corrected chi connectivity index (χ0v) is 17.0. The van der Waals surface area contributed by atoms with Crippen molar-refractivity contribution in [3.63, 3.8) is 0 Å². The standard InChI is InChI=1S/C19H25BrN4O/c1-18(2,3)17-23-21-11-24(17)15-9-12(8-14(20)10-15)16(25)22-19(4,5)13-6-7-13/h8-11,13H,6-7H2,1-5H3,(H,22,25). The molecule has 0 saturated heterocycles. The molecule has 1 aliphatic rings. The Morgan fingerprint density at radius 2 is 1.88 bits per heavy atom. The van der Waals surface area contributed by atoms with Gasteiger partial charge in [-0.05, 0) is 50.8 Å². The van der Waals surface area contributed by atoms with Crippen molar-refractivity contribution in [2.75, 3.05) is 0 Å². The highest BCUT2D eigenvalue weighted by molar-refractivity contribution is 9.10. The second-order valence-electron chi connectivity index (χ2n) is 8.42. The van der Waals surface area contributed by atoms with E-state index in [-0.39, 0.29) is 16.9 Å². The van der Waals surface area contributed by atoms with Crippen LogP contribution in [0.3, 0.4) is 0 Å². The lowest BCUT2D eigenvalue weighted by molar-refractivity contribution is 0.0903. The van der Waals surface area contributed by atoms with E-state index in [0.717, 1.165) is 16.0 Å². The summed E-state index contributed by atoms with van der Waals surface area (Å²) in [5.74, 6) is 1.38. The molecular weight excluding hydrogens is 380 g/mol. The SMILES string of the molecule is CC(C)(C)c1nncn1-c1cc(Br)cc(C(=O)NC(C)(C)C2CC2)c1. The van der Waals surface area contributed by atoms with Gasteiger partial charge in [-0.25, -0.2) is 0 Å². The highest BCUT2D eigenvalue weighted by Gasteiger charge is 2.38. The molecule has 2 aromatic rings. The number of amides is 1. The maximum atomic E-state index is 12.8. The Balaban J connectivity index is 1.94. The fraction of sp³-hybridized carbons (Fsp3) is 0.526. The molecule has 3 rings (SSSR count). The molecule has 0 atom stereocenters. The highest BCUT2D eigenvalue weighted by Crippen LogP contribution is 2.39. The van der Waals surface area contributed by atoms with Crippen molar-refractivity contribution < 1.29 is 4.79 Å². The van der Waals surface area contributed by atoms with Gasteiger partial charge in [-0.3, -0.25) is 9.36 Å². The third-order valence-electron chi connectivity index (χ3n) is 4.68. The van der Waals surface area contributed by atoms with Crippen LogP contribution in [0.4, 0.5) is 0 Å². The molecule has 1 aromatic heterocycles. The fourth-order valence-electron chi connectivity index (χ4n) is 3.05. The number of aromatic nitrogens is 3. The molecule has 1 heterocycles. The van der Waals surface area contributed by atoms with E-state index >= 15 is 0 Å². The van der Waals surface area contributed by atoms with Crippen LogP contribution in [-0.2, 0) is 5.41 Å². The summed E-state index contributed by atoms with van der Waals surface area (Å²) in [5.41, 5.74) is 1.19. The van der Waals surface area contributed by atoms with Gasteiger partial charge >= 0.3 is 0 Å². The molecule has 0 radical (unpaired) electrons. The van der Waals surface area contributed by atoms with E-state index < -0.39 is 0 Å². The second-order valence-corrected chi connectivity index (χ2v) is 9.34. The van der Waals surface area contributed by atoms with Crippen LogP contribution in [0.5, 0.6) is 0 Å². The van der Waals surface area contributed by atoms with Gasteiger partial charge in [0, 0.05) is 21.0 Å². The van der Waals surface area contributed by atoms with Crippen molar-refractivity contribution >= 4 is 21.8 Å². The number of hydrogen-bond donors (Lipinski definition) is 1. The van der Waals surface area contributed by atoms with Gasteiger partial charge in [0.2, 0.25) is 0 Å². The molecule has 1 fully saturated rings. The van der Waals surface area contributed by atoms with Crippen LogP contribution < -0.4 is 5.32 Å². The minimum absolute atomic E-state index is 0.0511. The van der Waals surface area contributed by atoms with Crippen molar-refractivity contribution in [3.8, 4) is 5.69 Å². The third kappa shape index (κ3) is 3.94. The molecule has 25 heavy (non-hydrogen) atoms.